The van der Waals surface area contributed by atoms with Gasteiger partial charge in [-0.05, 0) is 38.6 Å². The first kappa shape index (κ1) is 18.5. The van der Waals surface area contributed by atoms with Crippen molar-refractivity contribution in [2.75, 3.05) is 53.0 Å². The summed E-state index contributed by atoms with van der Waals surface area (Å²) in [6.45, 7) is 8.92. The molecule has 2 aliphatic rings. The number of ether oxygens (including phenoxy) is 2. The van der Waals surface area contributed by atoms with Crippen LogP contribution in [0.1, 0.15) is 39.0 Å². The predicted octanol–water partition coefficient (Wildman–Crippen LogP) is 1.22. The SMILES string of the molecule is CCCN1CCC(NC(=NC)NCCOCC2CCCO2)CC1. The number of nitrogens with zero attached hydrogens (tertiary/aromatic N) is 2. The van der Waals surface area contributed by atoms with Gasteiger partial charge in [-0.25, -0.2) is 0 Å². The van der Waals surface area contributed by atoms with Gasteiger partial charge in [-0.3, -0.25) is 4.99 Å². The van der Waals surface area contributed by atoms with E-state index in [1.54, 1.807) is 0 Å². The molecular weight excluding hydrogens is 292 g/mol. The highest BCUT2D eigenvalue weighted by atomic mass is 16.5. The van der Waals surface area contributed by atoms with Crippen molar-refractivity contribution in [1.29, 1.82) is 0 Å². The van der Waals surface area contributed by atoms with Crippen molar-refractivity contribution in [2.24, 2.45) is 4.99 Å². The van der Waals surface area contributed by atoms with E-state index in [-0.39, 0.29) is 0 Å². The molecule has 2 rings (SSSR count). The largest absolute Gasteiger partial charge is 0.377 e. The van der Waals surface area contributed by atoms with Crippen molar-refractivity contribution in [1.82, 2.24) is 15.5 Å². The highest BCUT2D eigenvalue weighted by Crippen LogP contribution is 2.12. The van der Waals surface area contributed by atoms with Gasteiger partial charge >= 0.3 is 0 Å². The first-order chi connectivity index (χ1) is 11.3. The number of hydrogen-bond acceptors (Lipinski definition) is 4. The van der Waals surface area contributed by atoms with Crippen LogP contribution in [0.3, 0.4) is 0 Å². The summed E-state index contributed by atoms with van der Waals surface area (Å²) in [5.74, 6) is 0.889. The molecule has 0 radical (unpaired) electrons. The highest BCUT2D eigenvalue weighted by Gasteiger charge is 2.19. The van der Waals surface area contributed by atoms with Crippen LogP contribution in [0.4, 0.5) is 0 Å². The van der Waals surface area contributed by atoms with Crippen LogP contribution in [0, 0.1) is 0 Å². The Hall–Kier alpha value is -0.850. The number of aliphatic imine (C=N–C) groups is 1. The molecule has 2 fully saturated rings. The Labute approximate surface area is 141 Å². The summed E-state index contributed by atoms with van der Waals surface area (Å²) in [7, 11) is 1.83. The third-order valence-corrected chi connectivity index (χ3v) is 4.56. The molecule has 2 N–H and O–H groups in total. The fourth-order valence-corrected chi connectivity index (χ4v) is 3.24. The first-order valence-electron chi connectivity index (χ1n) is 9.20. The van der Waals surface area contributed by atoms with E-state index in [1.165, 1.54) is 45.3 Å². The third-order valence-electron chi connectivity index (χ3n) is 4.56. The Morgan fingerprint density at radius 3 is 2.78 bits per heavy atom. The average molecular weight is 326 g/mol. The molecule has 6 heteroatoms. The molecule has 0 saturated carbocycles. The molecule has 2 aliphatic heterocycles. The molecule has 0 aromatic heterocycles. The van der Waals surface area contributed by atoms with Gasteiger partial charge in [0.1, 0.15) is 0 Å². The van der Waals surface area contributed by atoms with E-state index in [0.29, 0.717) is 25.4 Å². The van der Waals surface area contributed by atoms with Gasteiger partial charge in [-0.2, -0.15) is 0 Å². The molecule has 0 bridgehead atoms. The monoisotopic (exact) mass is 326 g/mol. The van der Waals surface area contributed by atoms with Gasteiger partial charge in [0.25, 0.3) is 0 Å². The Balaban J connectivity index is 1.53. The standard InChI is InChI=1S/C17H34N4O2/c1-3-9-21-10-6-15(7-11-21)20-17(18-2)19-8-13-22-14-16-5-4-12-23-16/h15-16H,3-14H2,1-2H3,(H2,18,19,20). The van der Waals surface area contributed by atoms with Crippen LogP contribution in [0.5, 0.6) is 0 Å². The minimum atomic E-state index is 0.306. The van der Waals surface area contributed by atoms with Crippen molar-refractivity contribution in [3.63, 3.8) is 0 Å². The summed E-state index contributed by atoms with van der Waals surface area (Å²) in [5, 5.41) is 6.87. The zero-order valence-electron chi connectivity index (χ0n) is 14.9. The van der Waals surface area contributed by atoms with Crippen LogP contribution in [-0.4, -0.2) is 76.1 Å². The lowest BCUT2D eigenvalue weighted by Crippen LogP contribution is -2.49. The quantitative estimate of drug-likeness (QED) is 0.399. The maximum absolute atomic E-state index is 5.67. The van der Waals surface area contributed by atoms with Crippen molar-refractivity contribution in [3.05, 3.63) is 0 Å². The zero-order chi connectivity index (χ0) is 16.3. The smallest absolute Gasteiger partial charge is 0.191 e. The van der Waals surface area contributed by atoms with Crippen LogP contribution in [0.25, 0.3) is 0 Å². The Bertz CT molecular complexity index is 337. The molecule has 2 heterocycles. The van der Waals surface area contributed by atoms with Crippen molar-refractivity contribution < 1.29 is 9.47 Å². The summed E-state index contributed by atoms with van der Waals surface area (Å²) >= 11 is 0. The average Bonchev–Trinajstić information content (AvgIpc) is 3.09. The number of guanidine groups is 1. The second-order valence-electron chi connectivity index (χ2n) is 6.47. The van der Waals surface area contributed by atoms with E-state index >= 15 is 0 Å². The van der Waals surface area contributed by atoms with Crippen LogP contribution in [0.15, 0.2) is 4.99 Å². The van der Waals surface area contributed by atoms with Gasteiger partial charge in [0.05, 0.1) is 19.3 Å². The van der Waals surface area contributed by atoms with Gasteiger partial charge in [0, 0.05) is 39.3 Å². The minimum Gasteiger partial charge on any atom is -0.377 e. The van der Waals surface area contributed by atoms with Gasteiger partial charge in [-0.1, -0.05) is 6.92 Å². The number of nitrogens with one attached hydrogen (secondary N) is 2. The van der Waals surface area contributed by atoms with Crippen LogP contribution in [-0.2, 0) is 9.47 Å². The first-order valence-corrected chi connectivity index (χ1v) is 9.20. The Morgan fingerprint density at radius 2 is 2.13 bits per heavy atom. The van der Waals surface area contributed by atoms with E-state index in [4.69, 9.17) is 9.47 Å². The maximum Gasteiger partial charge on any atom is 0.191 e. The number of likely N-dealkylation sites (tertiary alicyclic amines) is 1. The maximum atomic E-state index is 5.67. The lowest BCUT2D eigenvalue weighted by molar-refractivity contribution is 0.0191. The molecule has 0 aliphatic carbocycles. The highest BCUT2D eigenvalue weighted by molar-refractivity contribution is 5.79. The molecule has 0 aromatic rings. The summed E-state index contributed by atoms with van der Waals surface area (Å²) in [4.78, 5) is 6.86. The lowest BCUT2D eigenvalue weighted by atomic mass is 10.1. The second kappa shape index (κ2) is 10.8. The van der Waals surface area contributed by atoms with Gasteiger partial charge in [0.2, 0.25) is 0 Å². The van der Waals surface area contributed by atoms with Gasteiger partial charge in [0.15, 0.2) is 5.96 Å². The van der Waals surface area contributed by atoms with E-state index < -0.39 is 0 Å². The summed E-state index contributed by atoms with van der Waals surface area (Å²) in [5.41, 5.74) is 0. The molecule has 2 saturated heterocycles. The number of hydrogen-bond donors (Lipinski definition) is 2. The van der Waals surface area contributed by atoms with Crippen molar-refractivity contribution in [3.8, 4) is 0 Å². The number of piperidine rings is 1. The molecular formula is C17H34N4O2. The van der Waals surface area contributed by atoms with Crippen LogP contribution in [0.2, 0.25) is 0 Å². The fraction of sp³-hybridized carbons (Fsp3) is 0.941. The molecule has 1 unspecified atom stereocenters. The molecule has 134 valence electrons. The molecule has 0 amide bonds. The third kappa shape index (κ3) is 7.06. The van der Waals surface area contributed by atoms with E-state index in [2.05, 4.69) is 27.4 Å². The van der Waals surface area contributed by atoms with Gasteiger partial charge < -0.3 is 25.0 Å². The molecule has 0 aromatic carbocycles. The van der Waals surface area contributed by atoms with E-state index in [9.17, 15) is 0 Å². The number of rotatable bonds is 8. The Kier molecular flexibility index (Phi) is 8.71. The predicted molar refractivity (Wildman–Crippen MR) is 94.0 cm³/mol. The van der Waals surface area contributed by atoms with Crippen LogP contribution >= 0.6 is 0 Å². The molecule has 0 spiro atoms. The van der Waals surface area contributed by atoms with E-state index in [0.717, 1.165) is 25.5 Å². The Morgan fingerprint density at radius 1 is 1.30 bits per heavy atom. The molecule has 23 heavy (non-hydrogen) atoms. The second-order valence-corrected chi connectivity index (χ2v) is 6.47. The fourth-order valence-electron chi connectivity index (χ4n) is 3.24. The normalized spacial score (nSPS) is 24.1. The summed E-state index contributed by atoms with van der Waals surface area (Å²) < 4.78 is 11.2. The summed E-state index contributed by atoms with van der Waals surface area (Å²) in [6.07, 6.45) is 6.23. The summed E-state index contributed by atoms with van der Waals surface area (Å²) in [6, 6.07) is 0.530. The van der Waals surface area contributed by atoms with Crippen molar-refractivity contribution in [2.45, 2.75) is 51.2 Å². The molecule has 1 atom stereocenters. The zero-order valence-corrected chi connectivity index (χ0v) is 14.9. The minimum absolute atomic E-state index is 0.306. The van der Waals surface area contributed by atoms with Gasteiger partial charge in [-0.15, -0.1) is 0 Å². The lowest BCUT2D eigenvalue weighted by Gasteiger charge is -2.32. The van der Waals surface area contributed by atoms with Crippen molar-refractivity contribution >= 4 is 5.96 Å². The topological polar surface area (TPSA) is 58.1 Å². The molecule has 6 nitrogen and oxygen atoms in total. The van der Waals surface area contributed by atoms with E-state index in [1.807, 2.05) is 7.05 Å². The van der Waals surface area contributed by atoms with Crippen LogP contribution < -0.4 is 10.6 Å².